The molecule has 0 aliphatic heterocycles. The van der Waals surface area contributed by atoms with E-state index in [1.165, 1.54) is 37.5 Å². The number of hydrogen-bond acceptors (Lipinski definition) is 5. The van der Waals surface area contributed by atoms with Crippen molar-refractivity contribution in [2.24, 2.45) is 0 Å². The second kappa shape index (κ2) is 14.9. The monoisotopic (exact) mass is 616 g/mol. The molecule has 3 aromatic carbocycles. The van der Waals surface area contributed by atoms with Crippen LogP contribution in [0.1, 0.15) is 61.4 Å². The number of methoxy groups -OCH3 is 1. The predicted octanol–water partition coefficient (Wildman–Crippen LogP) is 7.18. The van der Waals surface area contributed by atoms with E-state index in [9.17, 15) is 28.6 Å². The molecule has 0 radical (unpaired) electrons. The highest BCUT2D eigenvalue weighted by Crippen LogP contribution is 2.43. The van der Waals surface area contributed by atoms with Crippen LogP contribution in [0.3, 0.4) is 0 Å². The zero-order valence-corrected chi connectivity index (χ0v) is 25.8. The lowest BCUT2D eigenvalue weighted by Crippen LogP contribution is -2.20. The van der Waals surface area contributed by atoms with Crippen LogP contribution in [0.15, 0.2) is 78.9 Å². The summed E-state index contributed by atoms with van der Waals surface area (Å²) in [5.74, 6) is -1.89. The van der Waals surface area contributed by atoms with Gasteiger partial charge in [0, 0.05) is 35.0 Å². The number of nitrogens with zero attached hydrogens (tertiary/aromatic N) is 1. The van der Waals surface area contributed by atoms with E-state index in [1.807, 2.05) is 43.5 Å². The molecular weight excluding hydrogens is 578 g/mol. The largest absolute Gasteiger partial charge is 0.469 e. The molecule has 0 aliphatic rings. The third kappa shape index (κ3) is 8.12. The summed E-state index contributed by atoms with van der Waals surface area (Å²) in [5.41, 5.74) is 4.70. The Hall–Kier alpha value is -4.60. The van der Waals surface area contributed by atoms with Gasteiger partial charge in [0.15, 0.2) is 0 Å². The molecule has 45 heavy (non-hydrogen) atoms. The van der Waals surface area contributed by atoms with Crippen molar-refractivity contribution in [1.29, 1.82) is 0 Å². The summed E-state index contributed by atoms with van der Waals surface area (Å²) >= 11 is 0. The summed E-state index contributed by atoms with van der Waals surface area (Å²) in [7, 11) is 1.22. The van der Waals surface area contributed by atoms with Gasteiger partial charge in [0.1, 0.15) is 17.3 Å². The highest BCUT2D eigenvalue weighted by Gasteiger charge is 2.30. The van der Waals surface area contributed by atoms with Gasteiger partial charge in [-0.2, -0.15) is 0 Å². The molecule has 0 bridgehead atoms. The van der Waals surface area contributed by atoms with Crippen LogP contribution in [0.5, 0.6) is 0 Å². The number of benzene rings is 3. The first-order chi connectivity index (χ1) is 21.5. The number of aromatic nitrogens is 1. The first-order valence-electron chi connectivity index (χ1n) is 14.8. The van der Waals surface area contributed by atoms with Crippen LogP contribution in [-0.4, -0.2) is 46.0 Å². The fourth-order valence-electron chi connectivity index (χ4n) is 5.32. The Morgan fingerprint density at radius 1 is 0.933 bits per heavy atom. The topological polar surface area (TPSA) is 101 Å². The summed E-state index contributed by atoms with van der Waals surface area (Å²) in [4.78, 5) is 25.8. The van der Waals surface area contributed by atoms with Gasteiger partial charge in [0.2, 0.25) is 0 Å². The van der Waals surface area contributed by atoms with E-state index in [1.54, 1.807) is 36.4 Å². The minimum absolute atomic E-state index is 0.133. The maximum atomic E-state index is 14.2. The van der Waals surface area contributed by atoms with Crippen molar-refractivity contribution in [3.63, 3.8) is 0 Å². The Balaban J connectivity index is 1.95. The van der Waals surface area contributed by atoms with Crippen LogP contribution < -0.4 is 5.32 Å². The number of aliphatic hydroxyl groups excluding tert-OH is 2. The molecule has 2 atom stereocenters. The van der Waals surface area contributed by atoms with Gasteiger partial charge < -0.3 is 24.8 Å². The third-order valence-corrected chi connectivity index (χ3v) is 7.45. The first kappa shape index (κ1) is 33.3. The zero-order valence-electron chi connectivity index (χ0n) is 25.8. The van der Waals surface area contributed by atoms with Gasteiger partial charge in [-0.3, -0.25) is 9.59 Å². The average molecular weight is 617 g/mol. The van der Waals surface area contributed by atoms with Gasteiger partial charge >= 0.3 is 5.97 Å². The van der Waals surface area contributed by atoms with Crippen molar-refractivity contribution in [1.82, 2.24) is 4.57 Å². The van der Waals surface area contributed by atoms with Crippen LogP contribution in [0.2, 0.25) is 0 Å². The molecule has 4 rings (SSSR count). The Kier molecular flexibility index (Phi) is 11.0. The van der Waals surface area contributed by atoms with E-state index in [-0.39, 0.29) is 24.6 Å². The van der Waals surface area contributed by atoms with Crippen molar-refractivity contribution < 1.29 is 33.3 Å². The Bertz CT molecular complexity index is 1660. The fraction of sp³-hybridized carbons (Fsp3) is 0.278. The minimum atomic E-state index is -1.15. The number of carbonyl (C=O) groups is 2. The van der Waals surface area contributed by atoms with Gasteiger partial charge in [0.05, 0.1) is 25.7 Å². The molecule has 1 heterocycles. The van der Waals surface area contributed by atoms with Gasteiger partial charge in [-0.1, -0.05) is 49.4 Å². The molecule has 3 N–H and O–H groups in total. The molecule has 4 aromatic rings. The number of nitrogens with one attached hydrogen (secondary N) is 1. The van der Waals surface area contributed by atoms with Crippen LogP contribution in [0.4, 0.5) is 14.5 Å². The van der Waals surface area contributed by atoms with E-state index in [4.69, 9.17) is 0 Å². The number of amides is 1. The SMILES string of the molecule is CCc1cccc(NC(=O)c2c(-c3ccc(F)cc3)c(-c3ccc(F)cc3)c(/C=C/[C@@H](O)C[C@@H](O)CC(=O)OC)n2C(C)C)c1. The predicted molar refractivity (Wildman–Crippen MR) is 172 cm³/mol. The van der Waals surface area contributed by atoms with Crippen molar-refractivity contribution >= 4 is 23.6 Å². The number of hydrogen-bond donors (Lipinski definition) is 3. The van der Waals surface area contributed by atoms with E-state index < -0.39 is 35.7 Å². The number of rotatable bonds is 12. The highest BCUT2D eigenvalue weighted by atomic mass is 19.1. The lowest BCUT2D eigenvalue weighted by atomic mass is 9.94. The van der Waals surface area contributed by atoms with Crippen LogP contribution in [0.25, 0.3) is 28.3 Å². The molecule has 236 valence electrons. The molecule has 0 fully saturated rings. The number of aryl methyl sites for hydroxylation is 1. The molecule has 1 amide bonds. The van der Waals surface area contributed by atoms with Gasteiger partial charge in [0.25, 0.3) is 5.91 Å². The molecule has 0 saturated carbocycles. The molecule has 0 unspecified atom stereocenters. The second-order valence-corrected chi connectivity index (χ2v) is 11.1. The molecule has 0 aliphatic carbocycles. The smallest absolute Gasteiger partial charge is 0.308 e. The number of anilines is 1. The normalized spacial score (nSPS) is 12.8. The molecule has 1 aromatic heterocycles. The quantitative estimate of drug-likeness (QED) is 0.146. The molecule has 9 heteroatoms. The second-order valence-electron chi connectivity index (χ2n) is 11.1. The lowest BCUT2D eigenvalue weighted by molar-refractivity contribution is -0.143. The standard InChI is InChI=1S/C36H38F2N2O5/c1-5-23-7-6-8-28(19-23)39-36(44)35-34(25-11-15-27(38)16-12-25)33(24-9-13-26(37)14-10-24)31(40(35)22(2)3)18-17-29(41)20-30(42)21-32(43)45-4/h6-19,22,29-30,41-42H,5,20-21H2,1-4H3,(H,39,44)/b18-17+/t29-,30-/m1/s1. The van der Waals surface area contributed by atoms with Gasteiger partial charge in [-0.25, -0.2) is 8.78 Å². The summed E-state index contributed by atoms with van der Waals surface area (Å²) in [6, 6.07) is 18.9. The number of halogens is 2. The molecule has 7 nitrogen and oxygen atoms in total. The van der Waals surface area contributed by atoms with E-state index >= 15 is 0 Å². The van der Waals surface area contributed by atoms with Crippen molar-refractivity contribution in [2.45, 2.75) is 58.3 Å². The number of ether oxygens (including phenoxy) is 1. The number of carbonyl (C=O) groups excluding carboxylic acids is 2. The Morgan fingerprint density at radius 2 is 1.53 bits per heavy atom. The van der Waals surface area contributed by atoms with Crippen molar-refractivity contribution in [3.05, 3.63) is 107 Å². The molecular formula is C36H38F2N2O5. The Labute approximate surface area is 261 Å². The van der Waals surface area contributed by atoms with Gasteiger partial charge in [-0.15, -0.1) is 0 Å². The summed E-state index contributed by atoms with van der Waals surface area (Å²) < 4.78 is 34.6. The average Bonchev–Trinajstić information content (AvgIpc) is 3.36. The summed E-state index contributed by atoms with van der Waals surface area (Å²) in [6.45, 7) is 5.84. The van der Waals surface area contributed by atoms with Gasteiger partial charge in [-0.05, 0) is 79.4 Å². The van der Waals surface area contributed by atoms with Crippen LogP contribution in [-0.2, 0) is 16.0 Å². The van der Waals surface area contributed by atoms with Crippen molar-refractivity contribution in [2.75, 3.05) is 12.4 Å². The fourth-order valence-corrected chi connectivity index (χ4v) is 5.32. The Morgan fingerprint density at radius 3 is 2.09 bits per heavy atom. The van der Waals surface area contributed by atoms with Crippen LogP contribution in [0, 0.1) is 11.6 Å². The zero-order chi connectivity index (χ0) is 32.7. The molecule has 0 saturated heterocycles. The minimum Gasteiger partial charge on any atom is -0.469 e. The third-order valence-electron chi connectivity index (χ3n) is 7.45. The van der Waals surface area contributed by atoms with Crippen molar-refractivity contribution in [3.8, 4) is 22.3 Å². The van der Waals surface area contributed by atoms with E-state index in [2.05, 4.69) is 10.1 Å². The maximum absolute atomic E-state index is 14.2. The number of aliphatic hydroxyl groups is 2. The number of esters is 1. The summed E-state index contributed by atoms with van der Waals surface area (Å²) in [6.07, 6.45) is 1.21. The van der Waals surface area contributed by atoms with E-state index in [0.29, 0.717) is 33.6 Å². The first-order valence-corrected chi connectivity index (χ1v) is 14.8. The lowest BCUT2D eigenvalue weighted by Gasteiger charge is -2.17. The highest BCUT2D eigenvalue weighted by molar-refractivity contribution is 6.12. The molecule has 0 spiro atoms. The maximum Gasteiger partial charge on any atom is 0.308 e. The van der Waals surface area contributed by atoms with E-state index in [0.717, 1.165) is 12.0 Å². The van der Waals surface area contributed by atoms with Crippen LogP contribution >= 0.6 is 0 Å². The summed E-state index contributed by atoms with van der Waals surface area (Å²) in [5, 5.41) is 24.1.